The number of para-hydroxylation sites is 1. The smallest absolute Gasteiger partial charge is 0.247 e. The molecule has 0 amide bonds. The van der Waals surface area contributed by atoms with E-state index in [1.165, 1.54) is 0 Å². The number of hydrogen-bond donors (Lipinski definition) is 1. The molecule has 0 saturated carbocycles. The quantitative estimate of drug-likeness (QED) is 0.916. The summed E-state index contributed by atoms with van der Waals surface area (Å²) in [6.07, 6.45) is 1.64. The zero-order valence-corrected chi connectivity index (χ0v) is 13.4. The molecule has 1 saturated heterocycles. The molecule has 1 aliphatic heterocycles. The molecule has 110 valence electrons. The monoisotopic (exact) mass is 348 g/mol. The molecule has 2 heterocycles. The Morgan fingerprint density at radius 3 is 2.67 bits per heavy atom. The van der Waals surface area contributed by atoms with Crippen LogP contribution in [0.2, 0.25) is 0 Å². The number of nitrogens with one attached hydrogen (secondary N) is 1. The first-order valence-electron chi connectivity index (χ1n) is 6.87. The first-order chi connectivity index (χ1) is 10.2. The number of likely N-dealkylation sites (N-methyl/N-ethyl adjacent to an activating group) is 1. The average molecular weight is 349 g/mol. The van der Waals surface area contributed by atoms with Gasteiger partial charge in [-0.2, -0.15) is 10.1 Å². The molecule has 2 aromatic rings. The lowest BCUT2D eigenvalue weighted by molar-refractivity contribution is 0.311. The number of piperazine rings is 1. The van der Waals surface area contributed by atoms with Crippen LogP contribution in [-0.2, 0) is 0 Å². The van der Waals surface area contributed by atoms with E-state index in [4.69, 9.17) is 0 Å². The van der Waals surface area contributed by atoms with Crippen LogP contribution in [0.25, 0.3) is 0 Å². The molecule has 0 radical (unpaired) electrons. The second-order valence-corrected chi connectivity index (χ2v) is 5.89. The highest BCUT2D eigenvalue weighted by molar-refractivity contribution is 9.10. The molecule has 0 aliphatic carbocycles. The van der Waals surface area contributed by atoms with Gasteiger partial charge in [-0.05, 0) is 35.1 Å². The zero-order valence-electron chi connectivity index (χ0n) is 11.8. The van der Waals surface area contributed by atoms with Crippen molar-refractivity contribution in [2.24, 2.45) is 0 Å². The Labute approximate surface area is 132 Å². The molecule has 7 heteroatoms. The standard InChI is InChI=1S/C14H17BrN6/c1-20-6-8-21(9-7-20)14-18-13(10-16-19-14)17-12-5-3-2-4-11(12)15/h2-5,10H,6-9H2,1H3,(H,17,18,19). The zero-order chi connectivity index (χ0) is 14.7. The lowest BCUT2D eigenvalue weighted by atomic mass is 10.3. The van der Waals surface area contributed by atoms with Crippen molar-refractivity contribution in [3.63, 3.8) is 0 Å². The van der Waals surface area contributed by atoms with Crippen LogP contribution in [0.1, 0.15) is 0 Å². The van der Waals surface area contributed by atoms with Gasteiger partial charge < -0.3 is 15.1 Å². The minimum atomic E-state index is 0.681. The SMILES string of the molecule is CN1CCN(c2nncc(Nc3ccccc3Br)n2)CC1. The third-order valence-corrected chi connectivity index (χ3v) is 4.16. The van der Waals surface area contributed by atoms with Gasteiger partial charge in [0.1, 0.15) is 0 Å². The second-order valence-electron chi connectivity index (χ2n) is 5.04. The first kappa shape index (κ1) is 14.2. The van der Waals surface area contributed by atoms with E-state index in [1.54, 1.807) is 6.20 Å². The maximum absolute atomic E-state index is 4.56. The molecule has 1 N–H and O–H groups in total. The van der Waals surface area contributed by atoms with Crippen molar-refractivity contribution in [1.29, 1.82) is 0 Å². The van der Waals surface area contributed by atoms with Crippen LogP contribution in [0, 0.1) is 0 Å². The number of benzene rings is 1. The van der Waals surface area contributed by atoms with Crippen LogP contribution in [0.4, 0.5) is 17.5 Å². The van der Waals surface area contributed by atoms with E-state index in [2.05, 4.69) is 53.3 Å². The van der Waals surface area contributed by atoms with Gasteiger partial charge in [0.05, 0.1) is 11.9 Å². The predicted octanol–water partition coefficient (Wildman–Crippen LogP) is 2.13. The summed E-state index contributed by atoms with van der Waals surface area (Å²) in [5, 5.41) is 11.5. The van der Waals surface area contributed by atoms with Crippen LogP contribution < -0.4 is 10.2 Å². The van der Waals surface area contributed by atoms with Gasteiger partial charge in [-0.15, -0.1) is 5.10 Å². The van der Waals surface area contributed by atoms with E-state index in [1.807, 2.05) is 24.3 Å². The van der Waals surface area contributed by atoms with Gasteiger partial charge in [0.2, 0.25) is 5.95 Å². The Kier molecular flexibility index (Phi) is 4.31. The van der Waals surface area contributed by atoms with Crippen molar-refractivity contribution >= 4 is 33.4 Å². The average Bonchev–Trinajstić information content (AvgIpc) is 2.51. The lowest BCUT2D eigenvalue weighted by Crippen LogP contribution is -2.45. The van der Waals surface area contributed by atoms with Crippen LogP contribution in [-0.4, -0.2) is 53.3 Å². The fourth-order valence-corrected chi connectivity index (χ4v) is 2.58. The van der Waals surface area contributed by atoms with Crippen LogP contribution in [0.5, 0.6) is 0 Å². The van der Waals surface area contributed by atoms with Crippen molar-refractivity contribution in [2.45, 2.75) is 0 Å². The molecule has 3 rings (SSSR count). The highest BCUT2D eigenvalue weighted by Crippen LogP contribution is 2.24. The minimum absolute atomic E-state index is 0.681. The van der Waals surface area contributed by atoms with Crippen molar-refractivity contribution < 1.29 is 0 Å². The molecular formula is C14H17BrN6. The van der Waals surface area contributed by atoms with Gasteiger partial charge >= 0.3 is 0 Å². The molecule has 1 aromatic carbocycles. The first-order valence-corrected chi connectivity index (χ1v) is 7.66. The highest BCUT2D eigenvalue weighted by Gasteiger charge is 2.17. The third kappa shape index (κ3) is 3.48. The van der Waals surface area contributed by atoms with Crippen molar-refractivity contribution in [2.75, 3.05) is 43.4 Å². The van der Waals surface area contributed by atoms with Crippen LogP contribution in [0.15, 0.2) is 34.9 Å². The molecule has 1 aromatic heterocycles. The summed E-state index contributed by atoms with van der Waals surface area (Å²) in [6, 6.07) is 7.92. The summed E-state index contributed by atoms with van der Waals surface area (Å²) in [4.78, 5) is 9.02. The summed E-state index contributed by atoms with van der Waals surface area (Å²) in [6.45, 7) is 3.89. The summed E-state index contributed by atoms with van der Waals surface area (Å²) in [7, 11) is 2.13. The van der Waals surface area contributed by atoms with E-state index >= 15 is 0 Å². The van der Waals surface area contributed by atoms with E-state index in [9.17, 15) is 0 Å². The van der Waals surface area contributed by atoms with Crippen LogP contribution >= 0.6 is 15.9 Å². The van der Waals surface area contributed by atoms with E-state index in [0.29, 0.717) is 11.8 Å². The number of nitrogens with zero attached hydrogens (tertiary/aromatic N) is 5. The summed E-state index contributed by atoms with van der Waals surface area (Å²) in [5.74, 6) is 1.38. The van der Waals surface area contributed by atoms with Gasteiger partial charge in [0.25, 0.3) is 0 Å². The van der Waals surface area contributed by atoms with Crippen molar-refractivity contribution in [3.8, 4) is 0 Å². The topological polar surface area (TPSA) is 57.2 Å². The van der Waals surface area contributed by atoms with Crippen LogP contribution in [0.3, 0.4) is 0 Å². The Hall–Kier alpha value is -1.73. The molecule has 1 aliphatic rings. The number of anilines is 3. The van der Waals surface area contributed by atoms with Crippen molar-refractivity contribution in [1.82, 2.24) is 20.1 Å². The molecule has 0 unspecified atom stereocenters. The Bertz CT molecular complexity index is 612. The minimum Gasteiger partial charge on any atom is -0.338 e. The van der Waals surface area contributed by atoms with E-state index in [-0.39, 0.29) is 0 Å². The van der Waals surface area contributed by atoms with E-state index in [0.717, 1.165) is 36.3 Å². The normalized spacial score (nSPS) is 16.0. The molecule has 0 atom stereocenters. The third-order valence-electron chi connectivity index (χ3n) is 3.47. The number of halogens is 1. The molecular weight excluding hydrogens is 332 g/mol. The molecule has 6 nitrogen and oxygen atoms in total. The number of rotatable bonds is 3. The second kappa shape index (κ2) is 6.36. The maximum Gasteiger partial charge on any atom is 0.247 e. The molecule has 1 fully saturated rings. The molecule has 0 bridgehead atoms. The maximum atomic E-state index is 4.56. The lowest BCUT2D eigenvalue weighted by Gasteiger charge is -2.32. The Balaban J connectivity index is 1.76. The Morgan fingerprint density at radius 1 is 1.14 bits per heavy atom. The molecule has 21 heavy (non-hydrogen) atoms. The van der Waals surface area contributed by atoms with Gasteiger partial charge in [-0.1, -0.05) is 12.1 Å². The Morgan fingerprint density at radius 2 is 1.90 bits per heavy atom. The summed E-state index contributed by atoms with van der Waals surface area (Å²) in [5.41, 5.74) is 0.960. The predicted molar refractivity (Wildman–Crippen MR) is 87.0 cm³/mol. The van der Waals surface area contributed by atoms with Crippen molar-refractivity contribution in [3.05, 3.63) is 34.9 Å². The number of hydrogen-bond acceptors (Lipinski definition) is 6. The summed E-state index contributed by atoms with van der Waals surface area (Å²) >= 11 is 3.51. The van der Waals surface area contributed by atoms with Gasteiger partial charge in [0, 0.05) is 30.7 Å². The largest absolute Gasteiger partial charge is 0.338 e. The molecule has 0 spiro atoms. The summed E-state index contributed by atoms with van der Waals surface area (Å²) < 4.78 is 0.991. The fourth-order valence-electron chi connectivity index (χ4n) is 2.20. The van der Waals surface area contributed by atoms with E-state index < -0.39 is 0 Å². The van der Waals surface area contributed by atoms with Gasteiger partial charge in [-0.25, -0.2) is 0 Å². The van der Waals surface area contributed by atoms with Gasteiger partial charge in [0.15, 0.2) is 5.82 Å². The fraction of sp³-hybridized carbons (Fsp3) is 0.357. The van der Waals surface area contributed by atoms with Gasteiger partial charge in [-0.3, -0.25) is 0 Å². The number of aromatic nitrogens is 3. The highest BCUT2D eigenvalue weighted by atomic mass is 79.9.